The highest BCUT2D eigenvalue weighted by molar-refractivity contribution is 5.21. The summed E-state index contributed by atoms with van der Waals surface area (Å²) in [6.45, 7) is 5.78. The predicted molar refractivity (Wildman–Crippen MR) is 63.2 cm³/mol. The minimum absolute atomic E-state index is 0.987. The van der Waals surface area contributed by atoms with Crippen molar-refractivity contribution in [3.8, 4) is 0 Å². The number of rotatable bonds is 4. The van der Waals surface area contributed by atoms with Crippen LogP contribution in [-0.2, 0) is 6.42 Å². The Morgan fingerprint density at radius 1 is 1.21 bits per heavy atom. The van der Waals surface area contributed by atoms with Crippen LogP contribution in [0, 0.1) is 0 Å². The van der Waals surface area contributed by atoms with E-state index in [4.69, 9.17) is 0 Å². The quantitative estimate of drug-likeness (QED) is 0.622. The molecule has 0 unspecified atom stereocenters. The van der Waals surface area contributed by atoms with E-state index in [1.807, 2.05) is 25.1 Å². The molecule has 0 aliphatic carbocycles. The van der Waals surface area contributed by atoms with Crippen molar-refractivity contribution in [2.75, 3.05) is 0 Å². The molecular formula is C14H16. The SMILES string of the molecule is C=C(C)/C=C\C=C/Cc1ccccc1. The predicted octanol–water partition coefficient (Wildman–Crippen LogP) is 3.92. The lowest BCUT2D eigenvalue weighted by atomic mass is 10.1. The molecule has 0 heterocycles. The summed E-state index contributed by atoms with van der Waals surface area (Å²) in [5.41, 5.74) is 2.42. The van der Waals surface area contributed by atoms with Crippen molar-refractivity contribution < 1.29 is 0 Å². The van der Waals surface area contributed by atoms with Crippen LogP contribution in [0.2, 0.25) is 0 Å². The largest absolute Gasteiger partial charge is 0.0961 e. The van der Waals surface area contributed by atoms with Crippen LogP contribution in [-0.4, -0.2) is 0 Å². The molecule has 14 heavy (non-hydrogen) atoms. The molecule has 0 amide bonds. The summed E-state index contributed by atoms with van der Waals surface area (Å²) in [5, 5.41) is 0. The monoisotopic (exact) mass is 184 g/mol. The van der Waals surface area contributed by atoms with Gasteiger partial charge in [0, 0.05) is 0 Å². The minimum Gasteiger partial charge on any atom is -0.0961 e. The maximum absolute atomic E-state index is 3.79. The Morgan fingerprint density at radius 3 is 2.57 bits per heavy atom. The summed E-state index contributed by atoms with van der Waals surface area (Å²) >= 11 is 0. The van der Waals surface area contributed by atoms with Crippen LogP contribution in [0.5, 0.6) is 0 Å². The lowest BCUT2D eigenvalue weighted by Gasteiger charge is -1.92. The van der Waals surface area contributed by atoms with Crippen LogP contribution in [0.25, 0.3) is 0 Å². The third kappa shape index (κ3) is 4.46. The van der Waals surface area contributed by atoms with Gasteiger partial charge < -0.3 is 0 Å². The molecule has 0 fully saturated rings. The van der Waals surface area contributed by atoms with Crippen molar-refractivity contribution in [1.82, 2.24) is 0 Å². The van der Waals surface area contributed by atoms with Gasteiger partial charge in [-0.3, -0.25) is 0 Å². The summed E-state index contributed by atoms with van der Waals surface area (Å²) in [6.07, 6.45) is 9.21. The molecule has 0 aliphatic heterocycles. The minimum atomic E-state index is 0.987. The second-order valence-corrected chi connectivity index (χ2v) is 3.32. The Labute approximate surface area is 86.3 Å². The normalized spacial score (nSPS) is 11.2. The van der Waals surface area contributed by atoms with E-state index in [2.05, 4.69) is 43.0 Å². The summed E-state index contributed by atoms with van der Waals surface area (Å²) < 4.78 is 0. The molecule has 72 valence electrons. The fourth-order valence-electron chi connectivity index (χ4n) is 1.12. The third-order valence-electron chi connectivity index (χ3n) is 1.82. The molecule has 0 saturated carbocycles. The highest BCUT2D eigenvalue weighted by Gasteiger charge is 1.83. The molecule has 0 nitrogen and oxygen atoms in total. The maximum Gasteiger partial charge on any atom is -0.00943 e. The zero-order valence-corrected chi connectivity index (χ0v) is 8.61. The highest BCUT2D eigenvalue weighted by atomic mass is 13.9. The number of hydrogen-bond donors (Lipinski definition) is 0. The average molecular weight is 184 g/mol. The molecule has 0 aromatic heterocycles. The van der Waals surface area contributed by atoms with Crippen molar-refractivity contribution >= 4 is 0 Å². The summed E-state index contributed by atoms with van der Waals surface area (Å²) in [7, 11) is 0. The van der Waals surface area contributed by atoms with Crippen molar-refractivity contribution in [3.63, 3.8) is 0 Å². The molecule has 1 rings (SSSR count). The van der Waals surface area contributed by atoms with Gasteiger partial charge in [0.05, 0.1) is 0 Å². The van der Waals surface area contributed by atoms with E-state index >= 15 is 0 Å². The Kier molecular flexibility index (Phi) is 4.49. The van der Waals surface area contributed by atoms with Gasteiger partial charge in [-0.15, -0.1) is 0 Å². The van der Waals surface area contributed by atoms with E-state index in [1.165, 1.54) is 5.56 Å². The Bertz CT molecular complexity index is 328. The number of benzene rings is 1. The standard InChI is InChI=1S/C14H16/c1-13(2)9-5-3-6-10-14-11-7-4-8-12-14/h3-9,11-12H,1,10H2,2H3/b6-3-,9-5-. The second kappa shape index (κ2) is 5.98. The lowest BCUT2D eigenvalue weighted by molar-refractivity contribution is 1.27. The van der Waals surface area contributed by atoms with E-state index in [9.17, 15) is 0 Å². The number of hydrogen-bond acceptors (Lipinski definition) is 0. The van der Waals surface area contributed by atoms with Crippen LogP contribution >= 0.6 is 0 Å². The fourth-order valence-corrected chi connectivity index (χ4v) is 1.12. The highest BCUT2D eigenvalue weighted by Crippen LogP contribution is 2.00. The third-order valence-corrected chi connectivity index (χ3v) is 1.82. The first kappa shape index (κ1) is 10.5. The fraction of sp³-hybridized carbons (Fsp3) is 0.143. The maximum atomic E-state index is 3.79. The average Bonchev–Trinajstić information content (AvgIpc) is 2.18. The van der Waals surface area contributed by atoms with Crippen LogP contribution in [0.4, 0.5) is 0 Å². The molecule has 0 spiro atoms. The molecule has 0 heteroatoms. The van der Waals surface area contributed by atoms with Crippen LogP contribution in [0.15, 0.2) is 66.8 Å². The van der Waals surface area contributed by atoms with Crippen LogP contribution in [0.1, 0.15) is 12.5 Å². The van der Waals surface area contributed by atoms with Gasteiger partial charge in [0.2, 0.25) is 0 Å². The zero-order valence-electron chi connectivity index (χ0n) is 8.61. The molecule has 0 N–H and O–H groups in total. The summed E-state index contributed by atoms with van der Waals surface area (Å²) in [4.78, 5) is 0. The molecule has 0 saturated heterocycles. The Morgan fingerprint density at radius 2 is 1.93 bits per heavy atom. The second-order valence-electron chi connectivity index (χ2n) is 3.32. The first-order chi connectivity index (χ1) is 6.79. The van der Waals surface area contributed by atoms with Gasteiger partial charge in [-0.05, 0) is 18.9 Å². The van der Waals surface area contributed by atoms with E-state index in [-0.39, 0.29) is 0 Å². The Balaban J connectivity index is 2.38. The van der Waals surface area contributed by atoms with E-state index in [0.29, 0.717) is 0 Å². The van der Waals surface area contributed by atoms with Crippen molar-refractivity contribution in [2.24, 2.45) is 0 Å². The Hall–Kier alpha value is -1.56. The van der Waals surface area contributed by atoms with Crippen LogP contribution < -0.4 is 0 Å². The van der Waals surface area contributed by atoms with Gasteiger partial charge in [-0.2, -0.15) is 0 Å². The number of allylic oxidation sites excluding steroid dienone is 5. The smallest absolute Gasteiger partial charge is 0.00943 e. The lowest BCUT2D eigenvalue weighted by Crippen LogP contribution is -1.77. The molecule has 1 aromatic carbocycles. The van der Waals surface area contributed by atoms with E-state index in [0.717, 1.165) is 12.0 Å². The molecule has 1 aromatic rings. The summed E-state index contributed by atoms with van der Waals surface area (Å²) in [6, 6.07) is 10.4. The van der Waals surface area contributed by atoms with E-state index in [1.54, 1.807) is 0 Å². The summed E-state index contributed by atoms with van der Waals surface area (Å²) in [5.74, 6) is 0. The molecule has 0 bridgehead atoms. The van der Waals surface area contributed by atoms with Crippen LogP contribution in [0.3, 0.4) is 0 Å². The van der Waals surface area contributed by atoms with Gasteiger partial charge in [0.25, 0.3) is 0 Å². The van der Waals surface area contributed by atoms with Gasteiger partial charge in [-0.1, -0.05) is 66.8 Å². The van der Waals surface area contributed by atoms with Crippen molar-refractivity contribution in [2.45, 2.75) is 13.3 Å². The van der Waals surface area contributed by atoms with Crippen molar-refractivity contribution in [1.29, 1.82) is 0 Å². The first-order valence-corrected chi connectivity index (χ1v) is 4.81. The molecular weight excluding hydrogens is 168 g/mol. The van der Waals surface area contributed by atoms with Gasteiger partial charge in [0.1, 0.15) is 0 Å². The van der Waals surface area contributed by atoms with E-state index < -0.39 is 0 Å². The topological polar surface area (TPSA) is 0 Å². The molecule has 0 radical (unpaired) electrons. The van der Waals surface area contributed by atoms with Gasteiger partial charge >= 0.3 is 0 Å². The first-order valence-electron chi connectivity index (χ1n) is 4.81. The van der Waals surface area contributed by atoms with Gasteiger partial charge in [-0.25, -0.2) is 0 Å². The molecule has 0 atom stereocenters. The molecule has 0 aliphatic rings. The van der Waals surface area contributed by atoms with Crippen molar-refractivity contribution in [3.05, 3.63) is 72.4 Å². The zero-order chi connectivity index (χ0) is 10.2. The van der Waals surface area contributed by atoms with Gasteiger partial charge in [0.15, 0.2) is 0 Å².